The number of piperazine rings is 1. The minimum atomic E-state index is -0.586. The number of methoxy groups -OCH3 is 1. The molecule has 2 atom stereocenters. The summed E-state index contributed by atoms with van der Waals surface area (Å²) in [5.74, 6) is -0.464. The summed E-state index contributed by atoms with van der Waals surface area (Å²) in [6.45, 7) is 8.62. The van der Waals surface area contributed by atoms with E-state index >= 15 is 0 Å². The fourth-order valence-electron chi connectivity index (χ4n) is 4.52. The smallest absolute Gasteiger partial charge is 0.338 e. The maximum Gasteiger partial charge on any atom is 0.338 e. The van der Waals surface area contributed by atoms with Gasteiger partial charge in [0.1, 0.15) is 6.61 Å². The lowest BCUT2D eigenvalue weighted by Gasteiger charge is -2.42. The molecule has 180 valence electrons. The molecule has 1 aromatic carbocycles. The van der Waals surface area contributed by atoms with Crippen LogP contribution in [0.5, 0.6) is 0 Å². The maximum atomic E-state index is 13.1. The summed E-state index contributed by atoms with van der Waals surface area (Å²) in [7, 11) is 1.51. The normalized spacial score (nSPS) is 21.8. The summed E-state index contributed by atoms with van der Waals surface area (Å²) in [5, 5.41) is 2.98. The van der Waals surface area contributed by atoms with Crippen LogP contribution >= 0.6 is 0 Å². The Bertz CT molecular complexity index is 888. The summed E-state index contributed by atoms with van der Waals surface area (Å²) in [6, 6.07) is 8.62. The van der Waals surface area contributed by atoms with Crippen molar-refractivity contribution in [2.45, 2.75) is 32.9 Å². The van der Waals surface area contributed by atoms with Crippen molar-refractivity contribution in [2.24, 2.45) is 0 Å². The molecule has 0 radical (unpaired) electrons. The number of likely N-dealkylation sites (N-methyl/N-ethyl adjacent to an activating group) is 1. The maximum absolute atomic E-state index is 13.1. The number of urea groups is 1. The van der Waals surface area contributed by atoms with Gasteiger partial charge in [0.05, 0.1) is 18.2 Å². The Labute approximate surface area is 195 Å². The lowest BCUT2D eigenvalue weighted by atomic mass is 9.94. The molecule has 2 aliphatic rings. The molecule has 1 fully saturated rings. The number of benzene rings is 1. The zero-order chi connectivity index (χ0) is 24.0. The summed E-state index contributed by atoms with van der Waals surface area (Å²) < 4.78 is 10.4. The predicted molar refractivity (Wildman–Crippen MR) is 123 cm³/mol. The second-order valence-corrected chi connectivity index (χ2v) is 8.22. The van der Waals surface area contributed by atoms with E-state index in [9.17, 15) is 14.4 Å². The first-order chi connectivity index (χ1) is 15.9. The average molecular weight is 459 g/mol. The Balaban J connectivity index is 1.94. The van der Waals surface area contributed by atoms with Gasteiger partial charge in [-0.05, 0) is 26.3 Å². The van der Waals surface area contributed by atoms with Crippen molar-refractivity contribution < 1.29 is 23.9 Å². The molecule has 2 unspecified atom stereocenters. The summed E-state index contributed by atoms with van der Waals surface area (Å²) in [4.78, 5) is 44.1. The molecule has 1 saturated heterocycles. The highest BCUT2D eigenvalue weighted by Crippen LogP contribution is 2.32. The number of amides is 3. The van der Waals surface area contributed by atoms with Crippen LogP contribution in [0.2, 0.25) is 0 Å². The molecule has 0 aromatic heterocycles. The zero-order valence-electron chi connectivity index (χ0n) is 19.9. The lowest BCUT2D eigenvalue weighted by molar-refractivity contribution is -0.139. The van der Waals surface area contributed by atoms with Crippen LogP contribution in [0.3, 0.4) is 0 Å². The van der Waals surface area contributed by atoms with Gasteiger partial charge in [-0.15, -0.1) is 0 Å². The highest BCUT2D eigenvalue weighted by molar-refractivity contribution is 5.95. The van der Waals surface area contributed by atoms with Crippen LogP contribution in [0.4, 0.5) is 4.79 Å². The topological polar surface area (TPSA) is 91.4 Å². The van der Waals surface area contributed by atoms with E-state index in [4.69, 9.17) is 9.47 Å². The molecule has 3 rings (SSSR count). The highest BCUT2D eigenvalue weighted by Gasteiger charge is 2.39. The SMILES string of the molecule is CCOC(=O)C1=C(CN2CCN(C(=O)COC)C(C)C2)N(CC)C(=O)NC1c1ccccc1. The fraction of sp³-hybridized carbons (Fsp3) is 0.542. The second kappa shape index (κ2) is 11.3. The molecule has 0 saturated carbocycles. The van der Waals surface area contributed by atoms with E-state index in [1.807, 2.05) is 49.1 Å². The molecule has 2 heterocycles. The molecule has 1 N–H and O–H groups in total. The van der Waals surface area contributed by atoms with Crippen molar-refractivity contribution in [3.05, 3.63) is 47.2 Å². The average Bonchev–Trinajstić information content (AvgIpc) is 2.79. The van der Waals surface area contributed by atoms with E-state index in [2.05, 4.69) is 10.2 Å². The van der Waals surface area contributed by atoms with Gasteiger partial charge >= 0.3 is 12.0 Å². The molecular formula is C24H34N4O5. The number of rotatable bonds is 8. The van der Waals surface area contributed by atoms with Crippen LogP contribution in [-0.4, -0.2) is 91.7 Å². The minimum absolute atomic E-state index is 0.00884. The molecule has 2 aliphatic heterocycles. The van der Waals surface area contributed by atoms with E-state index in [0.29, 0.717) is 44.0 Å². The molecule has 0 aliphatic carbocycles. The first kappa shape index (κ1) is 24.7. The van der Waals surface area contributed by atoms with Crippen LogP contribution in [0.1, 0.15) is 32.4 Å². The van der Waals surface area contributed by atoms with Crippen molar-refractivity contribution in [1.82, 2.24) is 20.0 Å². The molecule has 33 heavy (non-hydrogen) atoms. The fourth-order valence-corrected chi connectivity index (χ4v) is 4.52. The van der Waals surface area contributed by atoms with Gasteiger partial charge in [0, 0.05) is 51.6 Å². The third-order valence-corrected chi connectivity index (χ3v) is 6.06. The number of esters is 1. The highest BCUT2D eigenvalue weighted by atomic mass is 16.5. The number of hydrogen-bond acceptors (Lipinski definition) is 6. The molecule has 9 heteroatoms. The molecule has 9 nitrogen and oxygen atoms in total. The van der Waals surface area contributed by atoms with Gasteiger partial charge in [-0.3, -0.25) is 14.6 Å². The Morgan fingerprint density at radius 1 is 1.15 bits per heavy atom. The van der Waals surface area contributed by atoms with Crippen LogP contribution < -0.4 is 5.32 Å². The Morgan fingerprint density at radius 3 is 2.48 bits per heavy atom. The molecular weight excluding hydrogens is 424 g/mol. The van der Waals surface area contributed by atoms with E-state index in [0.717, 1.165) is 5.56 Å². The number of ether oxygens (including phenoxy) is 2. The molecule has 3 amide bonds. The third kappa shape index (κ3) is 5.54. The van der Waals surface area contributed by atoms with Crippen LogP contribution in [0, 0.1) is 0 Å². The Morgan fingerprint density at radius 2 is 1.88 bits per heavy atom. The quantitative estimate of drug-likeness (QED) is 0.597. The third-order valence-electron chi connectivity index (χ3n) is 6.06. The van der Waals surface area contributed by atoms with Crippen LogP contribution in [0.25, 0.3) is 0 Å². The minimum Gasteiger partial charge on any atom is -0.463 e. The van der Waals surface area contributed by atoms with Gasteiger partial charge in [0.2, 0.25) is 5.91 Å². The zero-order valence-corrected chi connectivity index (χ0v) is 19.9. The van der Waals surface area contributed by atoms with Gasteiger partial charge in [0.25, 0.3) is 0 Å². The molecule has 0 bridgehead atoms. The van der Waals surface area contributed by atoms with Gasteiger partial charge in [-0.1, -0.05) is 30.3 Å². The Kier molecular flexibility index (Phi) is 8.46. The predicted octanol–water partition coefficient (Wildman–Crippen LogP) is 1.77. The van der Waals surface area contributed by atoms with Crippen molar-refractivity contribution >= 4 is 17.9 Å². The summed E-state index contributed by atoms with van der Waals surface area (Å²) in [5.41, 5.74) is 1.93. The van der Waals surface area contributed by atoms with Gasteiger partial charge in [-0.25, -0.2) is 9.59 Å². The number of nitrogens with one attached hydrogen (secondary N) is 1. The van der Waals surface area contributed by atoms with E-state index in [1.165, 1.54) is 7.11 Å². The van der Waals surface area contributed by atoms with E-state index < -0.39 is 12.0 Å². The number of carbonyl (C=O) groups is 3. The second-order valence-electron chi connectivity index (χ2n) is 8.22. The van der Waals surface area contributed by atoms with E-state index in [1.54, 1.807) is 11.8 Å². The van der Waals surface area contributed by atoms with Crippen molar-refractivity contribution in [2.75, 3.05) is 53.0 Å². The van der Waals surface area contributed by atoms with Gasteiger partial charge in [-0.2, -0.15) is 0 Å². The lowest BCUT2D eigenvalue weighted by Crippen LogP contribution is -2.57. The summed E-state index contributed by atoms with van der Waals surface area (Å²) in [6.07, 6.45) is 0. The number of nitrogens with zero attached hydrogens (tertiary/aromatic N) is 3. The summed E-state index contributed by atoms with van der Waals surface area (Å²) >= 11 is 0. The van der Waals surface area contributed by atoms with E-state index in [-0.39, 0.29) is 31.2 Å². The first-order valence-electron chi connectivity index (χ1n) is 11.4. The number of carbonyl (C=O) groups excluding carboxylic acids is 3. The molecule has 0 spiro atoms. The standard InChI is InChI=1S/C24H34N4O5/c1-5-27-19(15-26-12-13-28(17(3)14-26)20(29)16-32-4)21(23(30)33-6-2)22(25-24(27)31)18-10-8-7-9-11-18/h7-11,17,22H,5-6,12-16H2,1-4H3,(H,25,31). The van der Waals surface area contributed by atoms with Crippen molar-refractivity contribution in [3.8, 4) is 0 Å². The number of hydrogen-bond donors (Lipinski definition) is 1. The Hall–Kier alpha value is -2.91. The largest absolute Gasteiger partial charge is 0.463 e. The van der Waals surface area contributed by atoms with Crippen molar-refractivity contribution in [1.29, 1.82) is 0 Å². The first-order valence-corrected chi connectivity index (χ1v) is 11.4. The monoisotopic (exact) mass is 458 g/mol. The van der Waals surface area contributed by atoms with Crippen molar-refractivity contribution in [3.63, 3.8) is 0 Å². The van der Waals surface area contributed by atoms with Crippen LogP contribution in [-0.2, 0) is 19.1 Å². The van der Waals surface area contributed by atoms with Gasteiger partial charge < -0.3 is 19.7 Å². The van der Waals surface area contributed by atoms with Gasteiger partial charge in [0.15, 0.2) is 0 Å². The molecule has 1 aromatic rings. The van der Waals surface area contributed by atoms with Crippen LogP contribution in [0.15, 0.2) is 41.6 Å².